The summed E-state index contributed by atoms with van der Waals surface area (Å²) in [5, 5.41) is 14.5. The number of carbonyl (C=O) groups excluding carboxylic acids is 2. The quantitative estimate of drug-likeness (QED) is 0.735. The van der Waals surface area contributed by atoms with Gasteiger partial charge in [-0.25, -0.2) is 9.59 Å². The first-order chi connectivity index (χ1) is 11.4. The number of ether oxygens (including phenoxy) is 1. The van der Waals surface area contributed by atoms with E-state index in [-0.39, 0.29) is 22.2 Å². The molecule has 0 saturated carbocycles. The molecule has 7 nitrogen and oxygen atoms in total. The maximum atomic E-state index is 12.5. The van der Waals surface area contributed by atoms with Gasteiger partial charge in [-0.2, -0.15) is 0 Å². The molecule has 0 heterocycles. The zero-order valence-electron chi connectivity index (χ0n) is 14.8. The Morgan fingerprint density at radius 1 is 1.20 bits per heavy atom. The highest BCUT2D eigenvalue weighted by molar-refractivity contribution is 6.31. The molecule has 0 bridgehead atoms. The number of aromatic carboxylic acids is 1. The number of carboxylic acid groups (broad SMARTS) is 1. The molecule has 138 valence electrons. The number of halogens is 1. The summed E-state index contributed by atoms with van der Waals surface area (Å²) in [6.45, 7) is 8.63. The number of hydrogen-bond donors (Lipinski definition) is 3. The number of benzene rings is 1. The van der Waals surface area contributed by atoms with Crippen molar-refractivity contribution in [2.75, 3.05) is 5.32 Å². The molecule has 0 aliphatic heterocycles. The number of carbonyl (C=O) groups is 3. The Kier molecular flexibility index (Phi) is 6.81. The molecule has 8 heteroatoms. The molecule has 0 saturated heterocycles. The van der Waals surface area contributed by atoms with E-state index in [2.05, 4.69) is 10.6 Å². The van der Waals surface area contributed by atoms with Crippen LogP contribution in [0.5, 0.6) is 0 Å². The van der Waals surface area contributed by atoms with E-state index in [0.717, 1.165) is 0 Å². The van der Waals surface area contributed by atoms with E-state index < -0.39 is 29.6 Å². The van der Waals surface area contributed by atoms with Gasteiger partial charge in [0.2, 0.25) is 5.91 Å². The largest absolute Gasteiger partial charge is 0.478 e. The van der Waals surface area contributed by atoms with E-state index in [4.69, 9.17) is 16.3 Å². The molecule has 0 radical (unpaired) electrons. The minimum Gasteiger partial charge on any atom is -0.478 e. The standard InChI is InChI=1S/C17H23ClN2O5/c1-9(2)13(20-16(24)25-17(3,4)5)14(21)19-12-8-10(18)6-7-11(12)15(22)23/h6-9,13H,1-5H3,(H,19,21)(H,20,24)(H,22,23). The fraction of sp³-hybridized carbons (Fsp3) is 0.471. The van der Waals surface area contributed by atoms with Crippen LogP contribution < -0.4 is 10.6 Å². The molecule has 1 aromatic carbocycles. The molecule has 0 fully saturated rings. The second kappa shape index (κ2) is 8.20. The SMILES string of the molecule is CC(C)C(NC(=O)OC(C)(C)C)C(=O)Nc1cc(Cl)ccc1C(=O)O. The highest BCUT2D eigenvalue weighted by atomic mass is 35.5. The number of carboxylic acids is 1. The Morgan fingerprint density at radius 2 is 1.80 bits per heavy atom. The molecule has 1 rings (SSSR count). The van der Waals surface area contributed by atoms with Gasteiger partial charge in [-0.3, -0.25) is 4.79 Å². The summed E-state index contributed by atoms with van der Waals surface area (Å²) in [6, 6.07) is 3.15. The third-order valence-corrected chi connectivity index (χ3v) is 3.33. The smallest absolute Gasteiger partial charge is 0.408 e. The highest BCUT2D eigenvalue weighted by Gasteiger charge is 2.27. The summed E-state index contributed by atoms with van der Waals surface area (Å²) >= 11 is 5.87. The van der Waals surface area contributed by atoms with Crippen LogP contribution >= 0.6 is 11.6 Å². The zero-order valence-corrected chi connectivity index (χ0v) is 15.6. The van der Waals surface area contributed by atoms with Crippen molar-refractivity contribution in [2.45, 2.75) is 46.3 Å². The molecule has 25 heavy (non-hydrogen) atoms. The third-order valence-electron chi connectivity index (χ3n) is 3.09. The average Bonchev–Trinajstić information content (AvgIpc) is 2.42. The average molecular weight is 371 g/mol. The van der Waals surface area contributed by atoms with Crippen molar-refractivity contribution in [1.29, 1.82) is 0 Å². The van der Waals surface area contributed by atoms with Crippen LogP contribution in [-0.4, -0.2) is 34.7 Å². The van der Waals surface area contributed by atoms with Gasteiger partial charge in [-0.15, -0.1) is 0 Å². The summed E-state index contributed by atoms with van der Waals surface area (Å²) < 4.78 is 5.15. The summed E-state index contributed by atoms with van der Waals surface area (Å²) in [4.78, 5) is 35.7. The topological polar surface area (TPSA) is 105 Å². The predicted octanol–water partition coefficient (Wildman–Crippen LogP) is 3.53. The number of anilines is 1. The number of amides is 2. The lowest BCUT2D eigenvalue weighted by molar-refractivity contribution is -0.119. The van der Waals surface area contributed by atoms with E-state index in [0.29, 0.717) is 0 Å². The maximum absolute atomic E-state index is 12.5. The molecule has 0 aliphatic rings. The normalized spacial score (nSPS) is 12.4. The van der Waals surface area contributed by atoms with Crippen LogP contribution in [0.4, 0.5) is 10.5 Å². The van der Waals surface area contributed by atoms with Crippen LogP contribution in [0.1, 0.15) is 45.0 Å². The van der Waals surface area contributed by atoms with Crippen LogP contribution in [0.3, 0.4) is 0 Å². The van der Waals surface area contributed by atoms with E-state index >= 15 is 0 Å². The number of nitrogens with one attached hydrogen (secondary N) is 2. The Hall–Kier alpha value is -2.28. The second-order valence-corrected chi connectivity index (χ2v) is 7.29. The van der Waals surface area contributed by atoms with Gasteiger partial charge in [0.05, 0.1) is 11.3 Å². The van der Waals surface area contributed by atoms with Gasteiger partial charge in [0.25, 0.3) is 0 Å². The second-order valence-electron chi connectivity index (χ2n) is 6.85. The Balaban J connectivity index is 2.96. The van der Waals surface area contributed by atoms with Crippen molar-refractivity contribution in [3.63, 3.8) is 0 Å². The molecular weight excluding hydrogens is 348 g/mol. The van der Waals surface area contributed by atoms with Crippen LogP contribution in [-0.2, 0) is 9.53 Å². The van der Waals surface area contributed by atoms with Gasteiger partial charge in [0.15, 0.2) is 0 Å². The molecule has 1 aromatic rings. The summed E-state index contributed by atoms with van der Waals surface area (Å²) in [5.74, 6) is -2.02. The Bertz CT molecular complexity index is 667. The predicted molar refractivity (Wildman–Crippen MR) is 95.0 cm³/mol. The molecule has 1 atom stereocenters. The molecule has 0 aliphatic carbocycles. The van der Waals surface area contributed by atoms with E-state index in [1.54, 1.807) is 34.6 Å². The van der Waals surface area contributed by atoms with Gasteiger partial charge in [0, 0.05) is 5.02 Å². The lowest BCUT2D eigenvalue weighted by Gasteiger charge is -2.25. The molecule has 2 amide bonds. The van der Waals surface area contributed by atoms with E-state index in [1.165, 1.54) is 18.2 Å². The third kappa shape index (κ3) is 6.62. The molecule has 0 aromatic heterocycles. The molecule has 3 N–H and O–H groups in total. The van der Waals surface area contributed by atoms with Crippen molar-refractivity contribution in [1.82, 2.24) is 5.32 Å². The van der Waals surface area contributed by atoms with E-state index in [9.17, 15) is 19.5 Å². The van der Waals surface area contributed by atoms with Gasteiger partial charge < -0.3 is 20.5 Å². The summed E-state index contributed by atoms with van der Waals surface area (Å²) in [7, 11) is 0. The summed E-state index contributed by atoms with van der Waals surface area (Å²) in [5.41, 5.74) is -0.745. The zero-order chi connectivity index (χ0) is 19.4. The first-order valence-electron chi connectivity index (χ1n) is 7.74. The molecule has 1 unspecified atom stereocenters. The van der Waals surface area contributed by atoms with Crippen LogP contribution in [0.15, 0.2) is 18.2 Å². The van der Waals surface area contributed by atoms with Gasteiger partial charge >= 0.3 is 12.1 Å². The highest BCUT2D eigenvalue weighted by Crippen LogP contribution is 2.22. The molecular formula is C17H23ClN2O5. The number of alkyl carbamates (subject to hydrolysis) is 1. The minimum absolute atomic E-state index is 0.0571. The van der Waals surface area contributed by atoms with Crippen molar-refractivity contribution >= 4 is 35.3 Å². The minimum atomic E-state index is -1.20. The number of hydrogen-bond acceptors (Lipinski definition) is 4. The lowest BCUT2D eigenvalue weighted by Crippen LogP contribution is -2.48. The summed E-state index contributed by atoms with van der Waals surface area (Å²) in [6.07, 6.45) is -0.731. The van der Waals surface area contributed by atoms with Crippen LogP contribution in [0.2, 0.25) is 5.02 Å². The first kappa shape index (κ1) is 20.8. The lowest BCUT2D eigenvalue weighted by atomic mass is 10.0. The van der Waals surface area contributed by atoms with Crippen LogP contribution in [0, 0.1) is 5.92 Å². The van der Waals surface area contributed by atoms with E-state index in [1.807, 2.05) is 0 Å². The fourth-order valence-electron chi connectivity index (χ4n) is 1.99. The maximum Gasteiger partial charge on any atom is 0.408 e. The van der Waals surface area contributed by atoms with Crippen molar-refractivity contribution in [3.05, 3.63) is 28.8 Å². The van der Waals surface area contributed by atoms with Crippen molar-refractivity contribution < 1.29 is 24.2 Å². The monoisotopic (exact) mass is 370 g/mol. The molecule has 0 spiro atoms. The van der Waals surface area contributed by atoms with Gasteiger partial charge in [0.1, 0.15) is 11.6 Å². The first-order valence-corrected chi connectivity index (χ1v) is 8.11. The number of rotatable bonds is 5. The Labute approximate surface area is 151 Å². The fourth-order valence-corrected chi connectivity index (χ4v) is 2.16. The van der Waals surface area contributed by atoms with Gasteiger partial charge in [-0.05, 0) is 44.9 Å². The van der Waals surface area contributed by atoms with Crippen molar-refractivity contribution in [3.8, 4) is 0 Å². The Morgan fingerprint density at radius 3 is 2.28 bits per heavy atom. The van der Waals surface area contributed by atoms with Crippen molar-refractivity contribution in [2.24, 2.45) is 5.92 Å². The van der Waals surface area contributed by atoms with Gasteiger partial charge in [-0.1, -0.05) is 25.4 Å². The van der Waals surface area contributed by atoms with Crippen LogP contribution in [0.25, 0.3) is 0 Å².